The fraction of sp³-hybridized carbons (Fsp3) is 0.625. The summed E-state index contributed by atoms with van der Waals surface area (Å²) >= 11 is 3.55. The summed E-state index contributed by atoms with van der Waals surface area (Å²) in [6, 6.07) is 5.89. The van der Waals surface area contributed by atoms with Crippen molar-refractivity contribution in [3.05, 3.63) is 28.2 Å². The van der Waals surface area contributed by atoms with Gasteiger partial charge in [-0.1, -0.05) is 43.6 Å². The highest BCUT2D eigenvalue weighted by molar-refractivity contribution is 9.10. The minimum Gasteiger partial charge on any atom is -0.497 e. The average molecular weight is 327 g/mol. The first-order valence-electron chi connectivity index (χ1n) is 6.72. The SMILES string of the molecule is COc1ccc(Br)c(CC(O)C2C(C)(C)C2(C)C)c1. The molecule has 1 aliphatic carbocycles. The van der Waals surface area contributed by atoms with Gasteiger partial charge in [-0.3, -0.25) is 0 Å². The van der Waals surface area contributed by atoms with Crippen LogP contribution in [0.1, 0.15) is 33.3 Å². The number of aliphatic hydroxyl groups is 1. The van der Waals surface area contributed by atoms with Crippen LogP contribution in [0, 0.1) is 16.7 Å². The van der Waals surface area contributed by atoms with Crippen LogP contribution in [-0.4, -0.2) is 18.3 Å². The summed E-state index contributed by atoms with van der Waals surface area (Å²) in [6.07, 6.45) is 0.350. The van der Waals surface area contributed by atoms with Gasteiger partial charge in [-0.25, -0.2) is 0 Å². The Morgan fingerprint density at radius 3 is 2.32 bits per heavy atom. The zero-order valence-corrected chi connectivity index (χ0v) is 13.9. The van der Waals surface area contributed by atoms with Crippen LogP contribution in [0.5, 0.6) is 5.75 Å². The van der Waals surface area contributed by atoms with Gasteiger partial charge in [0.2, 0.25) is 0 Å². The van der Waals surface area contributed by atoms with Crippen molar-refractivity contribution in [3.63, 3.8) is 0 Å². The van der Waals surface area contributed by atoms with Crippen molar-refractivity contribution < 1.29 is 9.84 Å². The molecule has 1 aromatic rings. The molecule has 0 amide bonds. The summed E-state index contributed by atoms with van der Waals surface area (Å²) in [4.78, 5) is 0. The molecule has 106 valence electrons. The number of hydrogen-bond acceptors (Lipinski definition) is 2. The summed E-state index contributed by atoms with van der Waals surface area (Å²) in [6.45, 7) is 8.95. The second kappa shape index (κ2) is 4.78. The molecule has 19 heavy (non-hydrogen) atoms. The molecule has 0 bridgehead atoms. The lowest BCUT2D eigenvalue weighted by molar-refractivity contribution is 0.129. The molecule has 1 saturated carbocycles. The van der Waals surface area contributed by atoms with E-state index in [9.17, 15) is 5.11 Å². The van der Waals surface area contributed by atoms with Gasteiger partial charge in [-0.15, -0.1) is 0 Å². The zero-order chi connectivity index (χ0) is 14.4. The van der Waals surface area contributed by atoms with Crippen molar-refractivity contribution >= 4 is 15.9 Å². The predicted octanol–water partition coefficient (Wildman–Crippen LogP) is 4.04. The monoisotopic (exact) mass is 326 g/mol. The fourth-order valence-electron chi connectivity index (χ4n) is 3.39. The Balaban J connectivity index is 2.14. The van der Waals surface area contributed by atoms with Crippen LogP contribution in [0.4, 0.5) is 0 Å². The number of methoxy groups -OCH3 is 1. The minimum absolute atomic E-state index is 0.206. The highest BCUT2D eigenvalue weighted by atomic mass is 79.9. The molecule has 0 aliphatic heterocycles. The lowest BCUT2D eigenvalue weighted by atomic mass is 9.99. The smallest absolute Gasteiger partial charge is 0.119 e. The standard InChI is InChI=1S/C16H23BrO2/c1-15(2)14(16(15,3)4)13(18)9-10-8-11(19-5)6-7-12(10)17/h6-8,13-14,18H,9H2,1-5H3. The molecule has 3 heteroatoms. The Labute approximate surface area is 124 Å². The molecule has 1 unspecified atom stereocenters. The van der Waals surface area contributed by atoms with E-state index in [4.69, 9.17) is 4.74 Å². The Morgan fingerprint density at radius 2 is 1.84 bits per heavy atom. The number of halogens is 1. The third kappa shape index (κ3) is 2.43. The van der Waals surface area contributed by atoms with Crippen molar-refractivity contribution in [3.8, 4) is 5.75 Å². The molecule has 1 N–H and O–H groups in total. The average Bonchev–Trinajstić information content (AvgIpc) is 2.72. The Morgan fingerprint density at radius 1 is 1.26 bits per heavy atom. The van der Waals surface area contributed by atoms with Crippen molar-refractivity contribution in [2.75, 3.05) is 7.11 Å². The van der Waals surface area contributed by atoms with Gasteiger partial charge < -0.3 is 9.84 Å². The van der Waals surface area contributed by atoms with Gasteiger partial charge in [0, 0.05) is 4.47 Å². The topological polar surface area (TPSA) is 29.5 Å². The largest absolute Gasteiger partial charge is 0.497 e. The van der Waals surface area contributed by atoms with Crippen LogP contribution in [0.2, 0.25) is 0 Å². The van der Waals surface area contributed by atoms with Crippen molar-refractivity contribution in [1.82, 2.24) is 0 Å². The van der Waals surface area contributed by atoms with E-state index in [1.165, 1.54) is 0 Å². The first-order valence-corrected chi connectivity index (χ1v) is 7.51. The minimum atomic E-state index is -0.312. The molecule has 2 rings (SSSR count). The quantitative estimate of drug-likeness (QED) is 0.904. The number of aliphatic hydroxyl groups excluding tert-OH is 1. The third-order valence-corrected chi connectivity index (χ3v) is 5.97. The Kier molecular flexibility index (Phi) is 3.74. The predicted molar refractivity (Wildman–Crippen MR) is 81.5 cm³/mol. The van der Waals surface area contributed by atoms with E-state index in [1.807, 2.05) is 18.2 Å². The number of hydrogen-bond donors (Lipinski definition) is 1. The Bertz CT molecular complexity index is 466. The molecule has 0 radical (unpaired) electrons. The molecule has 2 nitrogen and oxygen atoms in total. The van der Waals surface area contributed by atoms with Crippen molar-refractivity contribution in [2.45, 2.75) is 40.2 Å². The summed E-state index contributed by atoms with van der Waals surface area (Å²) in [5.41, 5.74) is 1.51. The summed E-state index contributed by atoms with van der Waals surface area (Å²) < 4.78 is 6.28. The van der Waals surface area contributed by atoms with Gasteiger partial charge in [0.25, 0.3) is 0 Å². The maximum Gasteiger partial charge on any atom is 0.119 e. The van der Waals surface area contributed by atoms with E-state index in [1.54, 1.807) is 7.11 Å². The summed E-state index contributed by atoms with van der Waals surface area (Å²) in [5.74, 6) is 1.18. The van der Waals surface area contributed by atoms with Crippen LogP contribution in [0.15, 0.2) is 22.7 Å². The highest BCUT2D eigenvalue weighted by Crippen LogP contribution is 2.69. The van der Waals surface area contributed by atoms with Crippen LogP contribution < -0.4 is 4.74 Å². The Hall–Kier alpha value is -0.540. The molecule has 1 aliphatic rings. The molecule has 0 heterocycles. The summed E-state index contributed by atoms with van der Waals surface area (Å²) in [5, 5.41) is 10.5. The lowest BCUT2D eigenvalue weighted by Crippen LogP contribution is -2.17. The van der Waals surface area contributed by atoms with E-state index < -0.39 is 0 Å². The van der Waals surface area contributed by atoms with Gasteiger partial charge in [-0.05, 0) is 46.9 Å². The van der Waals surface area contributed by atoms with E-state index in [-0.39, 0.29) is 16.9 Å². The maximum atomic E-state index is 10.5. The second-order valence-electron chi connectivity index (χ2n) is 6.65. The molecule has 0 saturated heterocycles. The molecule has 1 aromatic carbocycles. The van der Waals surface area contributed by atoms with Crippen LogP contribution in [0.25, 0.3) is 0 Å². The zero-order valence-electron chi connectivity index (χ0n) is 12.3. The van der Waals surface area contributed by atoms with Crippen molar-refractivity contribution in [2.24, 2.45) is 16.7 Å². The first-order chi connectivity index (χ1) is 8.71. The molecule has 1 atom stereocenters. The van der Waals surface area contributed by atoms with Gasteiger partial charge >= 0.3 is 0 Å². The number of benzene rings is 1. The second-order valence-corrected chi connectivity index (χ2v) is 7.50. The van der Waals surface area contributed by atoms with Crippen molar-refractivity contribution in [1.29, 1.82) is 0 Å². The molecule has 0 spiro atoms. The van der Waals surface area contributed by atoms with E-state index in [0.717, 1.165) is 15.8 Å². The molecular formula is C16H23BrO2. The highest BCUT2D eigenvalue weighted by Gasteiger charge is 2.66. The van der Waals surface area contributed by atoms with Gasteiger partial charge in [0.1, 0.15) is 5.75 Å². The number of ether oxygens (including phenoxy) is 1. The van der Waals surface area contributed by atoms with Crippen LogP contribution in [0.3, 0.4) is 0 Å². The van der Waals surface area contributed by atoms with Crippen LogP contribution in [-0.2, 0) is 6.42 Å². The summed E-state index contributed by atoms with van der Waals surface area (Å²) in [7, 11) is 1.66. The van der Waals surface area contributed by atoms with E-state index >= 15 is 0 Å². The number of rotatable bonds is 4. The molecular weight excluding hydrogens is 304 g/mol. The third-order valence-electron chi connectivity index (χ3n) is 5.20. The molecule has 1 fully saturated rings. The first kappa shape index (κ1) is 14.9. The normalized spacial score (nSPS) is 22.1. The van der Waals surface area contributed by atoms with E-state index in [0.29, 0.717) is 12.3 Å². The van der Waals surface area contributed by atoms with Gasteiger partial charge in [-0.2, -0.15) is 0 Å². The molecule has 0 aromatic heterocycles. The van der Waals surface area contributed by atoms with Gasteiger partial charge in [0.05, 0.1) is 13.2 Å². The van der Waals surface area contributed by atoms with Crippen LogP contribution >= 0.6 is 15.9 Å². The lowest BCUT2D eigenvalue weighted by Gasteiger charge is -2.15. The van der Waals surface area contributed by atoms with E-state index in [2.05, 4.69) is 43.6 Å². The maximum absolute atomic E-state index is 10.5. The van der Waals surface area contributed by atoms with Gasteiger partial charge in [0.15, 0.2) is 0 Å². The fourth-order valence-corrected chi connectivity index (χ4v) is 3.80.